The number of rotatable bonds is 2. The molecule has 1 N–H and O–H groups in total. The molecular formula is C18H12N2OS2. The second kappa shape index (κ2) is 5.61. The van der Waals surface area contributed by atoms with Crippen LogP contribution in [0.25, 0.3) is 21.5 Å². The molecule has 2 aromatic heterocycles. The first-order valence-electron chi connectivity index (χ1n) is 7.13. The highest BCUT2D eigenvalue weighted by molar-refractivity contribution is 7.71. The summed E-state index contributed by atoms with van der Waals surface area (Å²) in [6.45, 7) is 0. The molecule has 0 aliphatic rings. The number of hydrogen-bond acceptors (Lipinski definition) is 3. The van der Waals surface area contributed by atoms with E-state index in [1.807, 2.05) is 48.5 Å². The van der Waals surface area contributed by atoms with Crippen molar-refractivity contribution < 1.29 is 4.79 Å². The molecule has 112 valence electrons. The Bertz CT molecular complexity index is 1040. The summed E-state index contributed by atoms with van der Waals surface area (Å²) in [6, 6.07) is 19.2. The van der Waals surface area contributed by atoms with Crippen LogP contribution in [0.4, 0.5) is 0 Å². The van der Waals surface area contributed by atoms with Crippen molar-refractivity contribution in [3.8, 4) is 11.1 Å². The van der Waals surface area contributed by atoms with Gasteiger partial charge in [-0.25, -0.2) is 4.57 Å². The minimum absolute atomic E-state index is 0.113. The number of thiophene rings is 1. The lowest BCUT2D eigenvalue weighted by molar-refractivity contribution is 0.0963. The number of nitrogens with zero attached hydrogens (tertiary/aromatic N) is 1. The van der Waals surface area contributed by atoms with E-state index in [2.05, 4.69) is 10.4 Å². The molecule has 0 unspecified atom stereocenters. The molecule has 0 bridgehead atoms. The Morgan fingerprint density at radius 3 is 2.35 bits per heavy atom. The van der Waals surface area contributed by atoms with E-state index in [4.69, 9.17) is 12.2 Å². The first kappa shape index (κ1) is 14.1. The molecule has 0 fully saturated rings. The SMILES string of the molecule is O=C(c1ccccc1)n1c(=S)[nH]c2scc(-c3ccccc3)c21. The number of hydrogen-bond donors (Lipinski definition) is 1. The topological polar surface area (TPSA) is 37.8 Å². The van der Waals surface area contributed by atoms with Crippen LogP contribution in [0, 0.1) is 4.77 Å². The lowest BCUT2D eigenvalue weighted by atomic mass is 10.1. The maximum Gasteiger partial charge on any atom is 0.264 e. The molecule has 2 aromatic carbocycles. The van der Waals surface area contributed by atoms with Crippen molar-refractivity contribution in [2.75, 3.05) is 0 Å². The lowest BCUT2D eigenvalue weighted by Crippen LogP contribution is -2.12. The highest BCUT2D eigenvalue weighted by Crippen LogP contribution is 2.34. The van der Waals surface area contributed by atoms with Gasteiger partial charge in [-0.2, -0.15) is 0 Å². The minimum Gasteiger partial charge on any atom is -0.322 e. The second-order valence-electron chi connectivity index (χ2n) is 5.13. The van der Waals surface area contributed by atoms with Crippen LogP contribution < -0.4 is 0 Å². The fourth-order valence-electron chi connectivity index (χ4n) is 2.64. The van der Waals surface area contributed by atoms with Crippen molar-refractivity contribution in [3.63, 3.8) is 0 Å². The highest BCUT2D eigenvalue weighted by Gasteiger charge is 2.18. The molecule has 0 amide bonds. The van der Waals surface area contributed by atoms with Gasteiger partial charge < -0.3 is 4.98 Å². The van der Waals surface area contributed by atoms with Crippen molar-refractivity contribution in [3.05, 3.63) is 76.4 Å². The zero-order valence-electron chi connectivity index (χ0n) is 12.0. The maximum absolute atomic E-state index is 12.9. The summed E-state index contributed by atoms with van der Waals surface area (Å²) in [7, 11) is 0. The van der Waals surface area contributed by atoms with Gasteiger partial charge in [0.05, 0.1) is 5.52 Å². The van der Waals surface area contributed by atoms with Gasteiger partial charge in [0.15, 0.2) is 4.77 Å². The van der Waals surface area contributed by atoms with E-state index in [1.165, 1.54) is 0 Å². The van der Waals surface area contributed by atoms with Crippen LogP contribution in [0.15, 0.2) is 66.0 Å². The predicted molar refractivity (Wildman–Crippen MR) is 96.6 cm³/mol. The minimum atomic E-state index is -0.113. The summed E-state index contributed by atoms with van der Waals surface area (Å²) < 4.78 is 2.02. The van der Waals surface area contributed by atoms with Crippen molar-refractivity contribution in [2.45, 2.75) is 0 Å². The summed E-state index contributed by atoms with van der Waals surface area (Å²) in [5.74, 6) is -0.113. The Morgan fingerprint density at radius 1 is 1.00 bits per heavy atom. The third kappa shape index (κ3) is 2.34. The number of nitrogens with one attached hydrogen (secondary N) is 1. The van der Waals surface area contributed by atoms with Gasteiger partial charge in [-0.05, 0) is 29.9 Å². The molecule has 23 heavy (non-hydrogen) atoms. The van der Waals surface area contributed by atoms with Crippen molar-refractivity contribution >= 4 is 39.8 Å². The van der Waals surface area contributed by atoms with Crippen molar-refractivity contribution in [1.82, 2.24) is 9.55 Å². The molecular weight excluding hydrogens is 324 g/mol. The summed E-state index contributed by atoms with van der Waals surface area (Å²) in [5.41, 5.74) is 3.55. The zero-order chi connectivity index (χ0) is 15.8. The van der Waals surface area contributed by atoms with E-state index in [0.29, 0.717) is 10.3 Å². The van der Waals surface area contributed by atoms with Gasteiger partial charge in [-0.1, -0.05) is 48.5 Å². The van der Waals surface area contributed by atoms with E-state index in [-0.39, 0.29) is 5.91 Å². The molecule has 0 atom stereocenters. The van der Waals surface area contributed by atoms with Gasteiger partial charge in [-0.15, -0.1) is 11.3 Å². The van der Waals surface area contributed by atoms with E-state index in [1.54, 1.807) is 28.0 Å². The average molecular weight is 336 g/mol. The first-order valence-corrected chi connectivity index (χ1v) is 8.42. The van der Waals surface area contributed by atoms with Crippen LogP contribution in [-0.4, -0.2) is 15.5 Å². The second-order valence-corrected chi connectivity index (χ2v) is 6.40. The van der Waals surface area contributed by atoms with Crippen LogP contribution in [0.5, 0.6) is 0 Å². The fraction of sp³-hybridized carbons (Fsp3) is 0. The molecule has 0 spiro atoms. The molecule has 4 aromatic rings. The normalized spacial score (nSPS) is 11.0. The van der Waals surface area contributed by atoms with Crippen LogP contribution in [-0.2, 0) is 0 Å². The van der Waals surface area contributed by atoms with Crippen molar-refractivity contribution in [2.24, 2.45) is 0 Å². The Balaban J connectivity index is 1.97. The Morgan fingerprint density at radius 2 is 1.65 bits per heavy atom. The van der Waals surface area contributed by atoms with Crippen LogP contribution >= 0.6 is 23.6 Å². The number of fused-ring (bicyclic) bond motifs is 1. The fourth-order valence-corrected chi connectivity index (χ4v) is 3.94. The molecule has 5 heteroatoms. The van der Waals surface area contributed by atoms with Crippen molar-refractivity contribution in [1.29, 1.82) is 0 Å². The van der Waals surface area contributed by atoms with Gasteiger partial charge in [-0.3, -0.25) is 4.79 Å². The monoisotopic (exact) mass is 336 g/mol. The average Bonchev–Trinajstić information content (AvgIpc) is 3.13. The number of aromatic amines is 1. The van der Waals surface area contributed by atoms with Crippen LogP contribution in [0.1, 0.15) is 10.4 Å². The maximum atomic E-state index is 12.9. The molecule has 4 rings (SSSR count). The smallest absolute Gasteiger partial charge is 0.264 e. The molecule has 0 radical (unpaired) electrons. The zero-order valence-corrected chi connectivity index (χ0v) is 13.7. The standard InChI is InChI=1S/C18H12N2OS2/c21-17(13-9-5-2-6-10-13)20-15-14(12-7-3-1-4-8-12)11-23-16(15)19-18(20)22/h1-11H,(H,19,22). The Labute approximate surface area is 141 Å². The summed E-state index contributed by atoms with van der Waals surface area (Å²) in [4.78, 5) is 17.0. The number of benzene rings is 2. The van der Waals surface area contributed by atoms with E-state index in [0.717, 1.165) is 21.5 Å². The van der Waals surface area contributed by atoms with E-state index >= 15 is 0 Å². The first-order chi connectivity index (χ1) is 11.3. The molecule has 3 nitrogen and oxygen atoms in total. The third-order valence-corrected chi connectivity index (χ3v) is 4.89. The van der Waals surface area contributed by atoms with Gasteiger partial charge in [0.25, 0.3) is 5.91 Å². The summed E-state index contributed by atoms with van der Waals surface area (Å²) in [5, 5.41) is 2.06. The molecule has 0 aliphatic heterocycles. The summed E-state index contributed by atoms with van der Waals surface area (Å²) >= 11 is 6.95. The Kier molecular flexibility index (Phi) is 3.44. The number of H-pyrrole nitrogens is 1. The largest absolute Gasteiger partial charge is 0.322 e. The van der Waals surface area contributed by atoms with Gasteiger partial charge in [0, 0.05) is 16.5 Å². The number of aromatic nitrogens is 2. The molecule has 2 heterocycles. The highest BCUT2D eigenvalue weighted by atomic mass is 32.1. The quantitative estimate of drug-likeness (QED) is 0.516. The van der Waals surface area contributed by atoms with Crippen LogP contribution in [0.3, 0.4) is 0 Å². The van der Waals surface area contributed by atoms with Crippen LogP contribution in [0.2, 0.25) is 0 Å². The van der Waals surface area contributed by atoms with E-state index < -0.39 is 0 Å². The molecule has 0 aliphatic carbocycles. The number of imidazole rings is 1. The predicted octanol–water partition coefficient (Wildman–Crippen LogP) is 5.12. The van der Waals surface area contributed by atoms with Gasteiger partial charge in [0.1, 0.15) is 4.83 Å². The number of carbonyl (C=O) groups is 1. The molecule has 0 saturated carbocycles. The lowest BCUT2D eigenvalue weighted by Gasteiger charge is -2.05. The van der Waals surface area contributed by atoms with Gasteiger partial charge in [0.2, 0.25) is 0 Å². The van der Waals surface area contributed by atoms with E-state index in [9.17, 15) is 4.79 Å². The summed E-state index contributed by atoms with van der Waals surface area (Å²) in [6.07, 6.45) is 0. The van der Waals surface area contributed by atoms with Gasteiger partial charge >= 0.3 is 0 Å². The molecule has 0 saturated heterocycles. The number of carbonyl (C=O) groups excluding carboxylic acids is 1. The Hall–Kier alpha value is -2.50. The third-order valence-electron chi connectivity index (χ3n) is 3.72.